The summed E-state index contributed by atoms with van der Waals surface area (Å²) in [7, 11) is 3.55. The van der Waals surface area contributed by atoms with Crippen LogP contribution in [0.5, 0.6) is 0 Å². The van der Waals surface area contributed by atoms with Crippen LogP contribution < -0.4 is 10.6 Å². The summed E-state index contributed by atoms with van der Waals surface area (Å²) in [4.78, 5) is 4.45. The maximum absolute atomic E-state index is 5.19. The average molecular weight is 398 g/mol. The fraction of sp³-hybridized carbons (Fsp3) is 0.565. The number of hydrogen-bond donors (Lipinski definition) is 2. The third-order valence-corrected chi connectivity index (χ3v) is 6.24. The lowest BCUT2D eigenvalue weighted by Crippen LogP contribution is -2.44. The fourth-order valence-corrected chi connectivity index (χ4v) is 4.44. The van der Waals surface area contributed by atoms with Crippen LogP contribution in [-0.2, 0) is 23.2 Å². The molecule has 2 N–H and O–H groups in total. The van der Waals surface area contributed by atoms with Crippen LogP contribution in [0.2, 0.25) is 0 Å². The van der Waals surface area contributed by atoms with Gasteiger partial charge in [-0.2, -0.15) is 5.10 Å². The predicted octanol–water partition coefficient (Wildman–Crippen LogP) is 3.32. The minimum atomic E-state index is 0.204. The molecule has 1 aliphatic carbocycles. The zero-order valence-electron chi connectivity index (χ0n) is 18.3. The molecule has 0 saturated heterocycles. The highest BCUT2D eigenvalue weighted by Crippen LogP contribution is 2.40. The molecule has 1 aromatic heterocycles. The second-order valence-electron chi connectivity index (χ2n) is 8.00. The van der Waals surface area contributed by atoms with Crippen LogP contribution in [0, 0.1) is 13.8 Å². The Labute approximate surface area is 174 Å². The summed E-state index contributed by atoms with van der Waals surface area (Å²) in [6, 6.07) is 10.9. The molecule has 6 nitrogen and oxygen atoms in total. The lowest BCUT2D eigenvalue weighted by Gasteiger charge is -2.30. The normalized spacial score (nSPS) is 16.2. The van der Waals surface area contributed by atoms with Crippen LogP contribution in [-0.4, -0.2) is 43.0 Å². The van der Waals surface area contributed by atoms with E-state index in [9.17, 15) is 0 Å². The number of aliphatic imine (C=N–C) groups is 1. The molecule has 1 saturated carbocycles. The summed E-state index contributed by atoms with van der Waals surface area (Å²) < 4.78 is 7.21. The van der Waals surface area contributed by atoms with Crippen molar-refractivity contribution in [2.75, 3.05) is 27.3 Å². The molecule has 0 amide bonds. The summed E-state index contributed by atoms with van der Waals surface area (Å²) in [5.41, 5.74) is 5.10. The molecule has 0 radical (unpaired) electrons. The molecule has 1 aromatic carbocycles. The van der Waals surface area contributed by atoms with Gasteiger partial charge in [0.1, 0.15) is 0 Å². The van der Waals surface area contributed by atoms with E-state index < -0.39 is 0 Å². The first kappa shape index (κ1) is 21.4. The first-order chi connectivity index (χ1) is 14.1. The van der Waals surface area contributed by atoms with Gasteiger partial charge in [-0.1, -0.05) is 43.2 Å². The second kappa shape index (κ2) is 9.92. The summed E-state index contributed by atoms with van der Waals surface area (Å²) >= 11 is 0. The van der Waals surface area contributed by atoms with E-state index in [1.54, 1.807) is 7.11 Å². The Morgan fingerprint density at radius 3 is 2.55 bits per heavy atom. The van der Waals surface area contributed by atoms with E-state index in [0.29, 0.717) is 13.2 Å². The van der Waals surface area contributed by atoms with E-state index in [1.165, 1.54) is 42.5 Å². The standard InChI is InChI=1S/C23H35N5O/c1-18-21(19(2)28(27-18)14-15-29-4)16-25-22(24-3)26-17-23(12-8-9-13-23)20-10-6-5-7-11-20/h5-7,10-11H,8-9,12-17H2,1-4H3,(H2,24,25,26). The molecule has 0 unspecified atom stereocenters. The number of methoxy groups -OCH3 is 1. The van der Waals surface area contributed by atoms with Gasteiger partial charge in [0, 0.05) is 43.9 Å². The summed E-state index contributed by atoms with van der Waals surface area (Å²) in [5.74, 6) is 0.843. The maximum Gasteiger partial charge on any atom is 0.191 e. The van der Waals surface area contributed by atoms with E-state index >= 15 is 0 Å². The summed E-state index contributed by atoms with van der Waals surface area (Å²) in [6.45, 7) is 7.23. The van der Waals surface area contributed by atoms with Gasteiger partial charge < -0.3 is 15.4 Å². The van der Waals surface area contributed by atoms with Crippen molar-refractivity contribution >= 4 is 5.96 Å². The van der Waals surface area contributed by atoms with Gasteiger partial charge in [0.25, 0.3) is 0 Å². The first-order valence-electron chi connectivity index (χ1n) is 10.6. The van der Waals surface area contributed by atoms with Crippen LogP contribution >= 0.6 is 0 Å². The van der Waals surface area contributed by atoms with Crippen molar-refractivity contribution in [3.63, 3.8) is 0 Å². The number of rotatable bonds is 8. The van der Waals surface area contributed by atoms with Gasteiger partial charge in [-0.3, -0.25) is 9.67 Å². The third kappa shape index (κ3) is 4.99. The van der Waals surface area contributed by atoms with Crippen molar-refractivity contribution in [2.45, 2.75) is 58.0 Å². The number of aryl methyl sites for hydroxylation is 1. The Bertz CT molecular complexity index is 806. The van der Waals surface area contributed by atoms with Crippen molar-refractivity contribution in [3.05, 3.63) is 52.8 Å². The molecule has 0 atom stereocenters. The summed E-state index contributed by atoms with van der Waals surface area (Å²) in [5, 5.41) is 11.7. The van der Waals surface area contributed by atoms with Gasteiger partial charge in [0.2, 0.25) is 0 Å². The van der Waals surface area contributed by atoms with E-state index in [4.69, 9.17) is 4.74 Å². The van der Waals surface area contributed by atoms with E-state index in [2.05, 4.69) is 64.9 Å². The van der Waals surface area contributed by atoms with Crippen LogP contribution in [0.4, 0.5) is 0 Å². The molecule has 1 heterocycles. The largest absolute Gasteiger partial charge is 0.383 e. The lowest BCUT2D eigenvalue weighted by molar-refractivity contribution is 0.182. The van der Waals surface area contributed by atoms with Gasteiger partial charge in [-0.25, -0.2) is 0 Å². The first-order valence-corrected chi connectivity index (χ1v) is 10.6. The monoisotopic (exact) mass is 397 g/mol. The number of guanidine groups is 1. The molecule has 0 aliphatic heterocycles. The van der Waals surface area contributed by atoms with Crippen LogP contribution in [0.25, 0.3) is 0 Å². The quantitative estimate of drug-likeness (QED) is 0.530. The van der Waals surface area contributed by atoms with Crippen LogP contribution in [0.3, 0.4) is 0 Å². The molecule has 1 fully saturated rings. The Morgan fingerprint density at radius 1 is 1.17 bits per heavy atom. The number of nitrogens with one attached hydrogen (secondary N) is 2. The predicted molar refractivity (Wildman–Crippen MR) is 118 cm³/mol. The maximum atomic E-state index is 5.19. The second-order valence-corrected chi connectivity index (χ2v) is 8.00. The number of nitrogens with zero attached hydrogens (tertiary/aromatic N) is 3. The van der Waals surface area contributed by atoms with Gasteiger partial charge in [-0.05, 0) is 32.3 Å². The van der Waals surface area contributed by atoms with Crippen molar-refractivity contribution in [1.82, 2.24) is 20.4 Å². The minimum absolute atomic E-state index is 0.204. The zero-order valence-corrected chi connectivity index (χ0v) is 18.3. The molecule has 0 bridgehead atoms. The molecule has 29 heavy (non-hydrogen) atoms. The Hall–Kier alpha value is -2.34. The molecule has 0 spiro atoms. The Kier molecular flexibility index (Phi) is 7.31. The SMILES string of the molecule is CN=C(NCc1c(C)nn(CCOC)c1C)NCC1(c2ccccc2)CCCC1. The van der Waals surface area contributed by atoms with Crippen molar-refractivity contribution < 1.29 is 4.74 Å². The van der Waals surface area contributed by atoms with Gasteiger partial charge in [0.15, 0.2) is 5.96 Å². The average Bonchev–Trinajstić information content (AvgIpc) is 3.33. The highest BCUT2D eigenvalue weighted by atomic mass is 16.5. The minimum Gasteiger partial charge on any atom is -0.383 e. The van der Waals surface area contributed by atoms with Crippen LogP contribution in [0.15, 0.2) is 35.3 Å². The van der Waals surface area contributed by atoms with Gasteiger partial charge in [0.05, 0.1) is 18.8 Å². The topological polar surface area (TPSA) is 63.5 Å². The number of aromatic nitrogens is 2. The molecule has 3 rings (SSSR count). The van der Waals surface area contributed by atoms with Gasteiger partial charge in [-0.15, -0.1) is 0 Å². The van der Waals surface area contributed by atoms with E-state index in [1.807, 2.05) is 11.7 Å². The smallest absolute Gasteiger partial charge is 0.191 e. The fourth-order valence-electron chi connectivity index (χ4n) is 4.44. The highest BCUT2D eigenvalue weighted by Gasteiger charge is 2.35. The number of hydrogen-bond acceptors (Lipinski definition) is 3. The van der Waals surface area contributed by atoms with Crippen molar-refractivity contribution in [2.24, 2.45) is 4.99 Å². The third-order valence-electron chi connectivity index (χ3n) is 6.24. The van der Waals surface area contributed by atoms with Crippen LogP contribution in [0.1, 0.15) is 48.2 Å². The molecule has 2 aromatic rings. The van der Waals surface area contributed by atoms with Crippen molar-refractivity contribution in [1.29, 1.82) is 0 Å². The highest BCUT2D eigenvalue weighted by molar-refractivity contribution is 5.79. The number of ether oxygens (including phenoxy) is 1. The molecular formula is C23H35N5O. The molecule has 6 heteroatoms. The molecule has 1 aliphatic rings. The Balaban J connectivity index is 1.62. The number of benzene rings is 1. The molecular weight excluding hydrogens is 362 g/mol. The van der Waals surface area contributed by atoms with E-state index in [-0.39, 0.29) is 5.41 Å². The lowest BCUT2D eigenvalue weighted by atomic mass is 9.79. The summed E-state index contributed by atoms with van der Waals surface area (Å²) in [6.07, 6.45) is 5.04. The zero-order chi connectivity index (χ0) is 20.7. The molecule has 158 valence electrons. The van der Waals surface area contributed by atoms with E-state index in [0.717, 1.165) is 24.7 Å². The van der Waals surface area contributed by atoms with Crippen molar-refractivity contribution in [3.8, 4) is 0 Å². The van der Waals surface area contributed by atoms with Gasteiger partial charge >= 0.3 is 0 Å². The Morgan fingerprint density at radius 2 is 1.90 bits per heavy atom.